The third-order valence-corrected chi connectivity index (χ3v) is 9.47. The van der Waals surface area contributed by atoms with Crippen LogP contribution in [0.5, 0.6) is 0 Å². The molecule has 1 amide bonds. The lowest BCUT2D eigenvalue weighted by atomic mass is 9.80. The first-order valence-electron chi connectivity index (χ1n) is 14.3. The van der Waals surface area contributed by atoms with Gasteiger partial charge >= 0.3 is 0 Å². The zero-order valence-electron chi connectivity index (χ0n) is 23.1. The molecule has 10 heteroatoms. The monoisotopic (exact) mass is 568 g/mol. The van der Waals surface area contributed by atoms with Gasteiger partial charge in [0.2, 0.25) is 0 Å². The molecule has 3 N–H and O–H groups in total. The summed E-state index contributed by atoms with van der Waals surface area (Å²) in [5.41, 5.74) is 8.56. The maximum Gasteiger partial charge on any atom is 0.254 e. The minimum absolute atomic E-state index is 0.0129. The van der Waals surface area contributed by atoms with Gasteiger partial charge in [-0.15, -0.1) is 5.10 Å². The van der Waals surface area contributed by atoms with Crippen molar-refractivity contribution in [1.82, 2.24) is 19.9 Å². The molecule has 2 aliphatic heterocycles. The Kier molecular flexibility index (Phi) is 6.15. The molecule has 0 radical (unpaired) electrons. The Bertz CT molecular complexity index is 1810. The number of hydrogen-bond donors (Lipinski definition) is 2. The molecule has 42 heavy (non-hydrogen) atoms. The number of benzene rings is 3. The van der Waals surface area contributed by atoms with E-state index in [1.807, 2.05) is 11.0 Å². The summed E-state index contributed by atoms with van der Waals surface area (Å²) in [6.45, 7) is 1.88. The molecule has 0 unspecified atom stereocenters. The van der Waals surface area contributed by atoms with Gasteiger partial charge in [0.15, 0.2) is 0 Å². The molecule has 7 rings (SSSR count). The van der Waals surface area contributed by atoms with Gasteiger partial charge in [-0.2, -0.15) is 5.26 Å². The molecular weight excluding hydrogens is 538 g/mol. The van der Waals surface area contributed by atoms with Crippen molar-refractivity contribution in [3.05, 3.63) is 70.8 Å². The van der Waals surface area contributed by atoms with Crippen LogP contribution in [0.1, 0.15) is 60.0 Å². The second-order valence-electron chi connectivity index (χ2n) is 12.0. The molecule has 3 heterocycles. The zero-order chi connectivity index (χ0) is 29.3. The Balaban J connectivity index is 1.36. The average molecular weight is 569 g/mol. The van der Waals surface area contributed by atoms with Crippen LogP contribution in [0.25, 0.3) is 33.3 Å². The maximum atomic E-state index is 16.2. The number of carbonyl (C=O) groups is 1. The maximum absolute atomic E-state index is 16.2. The van der Waals surface area contributed by atoms with Crippen LogP contribution in [0, 0.1) is 29.9 Å². The minimum Gasteiger partial charge on any atom is -0.388 e. The van der Waals surface area contributed by atoms with Crippen LogP contribution in [-0.4, -0.2) is 54.6 Å². The highest BCUT2D eigenvalue weighted by Crippen LogP contribution is 2.41. The smallest absolute Gasteiger partial charge is 0.254 e. The van der Waals surface area contributed by atoms with Gasteiger partial charge in [0.25, 0.3) is 5.91 Å². The first-order valence-corrected chi connectivity index (χ1v) is 14.3. The summed E-state index contributed by atoms with van der Waals surface area (Å²) in [6.07, 6.45) is 4.81. The fraction of sp³-hybridized carbons (Fsp3) is 0.375. The highest BCUT2D eigenvalue weighted by molar-refractivity contribution is 5.99. The molecule has 1 saturated carbocycles. The van der Waals surface area contributed by atoms with Gasteiger partial charge in [0.1, 0.15) is 23.2 Å². The topological polar surface area (TPSA) is 121 Å². The molecule has 4 aromatic rings. The molecule has 214 valence electrons. The summed E-state index contributed by atoms with van der Waals surface area (Å²) in [5.74, 6) is -1.35. The summed E-state index contributed by atoms with van der Waals surface area (Å²) in [6, 6.07) is 12.7. The fourth-order valence-electron chi connectivity index (χ4n) is 7.07. The van der Waals surface area contributed by atoms with Crippen molar-refractivity contribution in [2.75, 3.05) is 0 Å². The lowest BCUT2D eigenvalue weighted by molar-refractivity contribution is -0.0492. The van der Waals surface area contributed by atoms with Crippen molar-refractivity contribution in [1.29, 1.82) is 5.26 Å². The molecule has 1 aliphatic carbocycles. The van der Waals surface area contributed by atoms with E-state index in [9.17, 15) is 19.6 Å². The van der Waals surface area contributed by atoms with E-state index in [0.717, 1.165) is 25.7 Å². The lowest BCUT2D eigenvalue weighted by Crippen LogP contribution is -2.41. The third kappa shape index (κ3) is 4.10. The quantitative estimate of drug-likeness (QED) is 0.355. The first kappa shape index (κ1) is 26.7. The molecule has 3 atom stereocenters. The minimum atomic E-state index is -0.865. The highest BCUT2D eigenvalue weighted by Gasteiger charge is 2.47. The Morgan fingerprint density at radius 1 is 1.14 bits per heavy atom. The number of aryl methyl sites for hydroxylation is 1. The third-order valence-electron chi connectivity index (χ3n) is 9.47. The molecule has 3 aliphatic rings. The second-order valence-corrected chi connectivity index (χ2v) is 12.0. The molecular formula is C32H30F2N6O2. The van der Waals surface area contributed by atoms with Gasteiger partial charge in [-0.3, -0.25) is 4.79 Å². The summed E-state index contributed by atoms with van der Waals surface area (Å²) in [7, 11) is 0. The number of rotatable bonds is 5. The number of nitriles is 1. The Morgan fingerprint density at radius 2 is 1.95 bits per heavy atom. The number of nitrogens with two attached hydrogens (primary N) is 1. The average Bonchev–Trinajstić information content (AvgIpc) is 3.66. The van der Waals surface area contributed by atoms with Crippen LogP contribution in [0.4, 0.5) is 8.78 Å². The van der Waals surface area contributed by atoms with E-state index in [4.69, 9.17) is 5.73 Å². The van der Waals surface area contributed by atoms with Crippen LogP contribution < -0.4 is 5.73 Å². The van der Waals surface area contributed by atoms with Gasteiger partial charge in [-0.1, -0.05) is 17.3 Å². The number of nitrogens with zero attached hydrogens (tertiary/aromatic N) is 5. The lowest BCUT2D eigenvalue weighted by Gasteiger charge is -2.36. The number of fused-ring (bicyclic) bond motifs is 3. The molecule has 3 aromatic carbocycles. The second kappa shape index (κ2) is 9.68. The Hall–Kier alpha value is -4.20. The van der Waals surface area contributed by atoms with E-state index in [-0.39, 0.29) is 41.7 Å². The molecule has 1 aromatic heterocycles. The standard InChI is InChI=1S/C32H30F2N6O2/c1-17-29(34)24(14-27-30(17)39(38-37-27)16-32(42)9-2-10-32)22-7-5-19(31(41)40-21-6-8-28(40)26(36)13-21)11-23(22)18-3-4-20(15-35)25(33)12-18/h3-5,7,11-12,14,21,26,28,42H,2,6,8-10,13,16,36H2,1H3/t21-,26+,28+/m1/s1. The first-order chi connectivity index (χ1) is 20.2. The summed E-state index contributed by atoms with van der Waals surface area (Å²) < 4.78 is 32.6. The van der Waals surface area contributed by atoms with Crippen molar-refractivity contribution in [2.24, 2.45) is 5.73 Å². The number of aliphatic hydroxyl groups is 1. The van der Waals surface area contributed by atoms with Crippen LogP contribution in [0.3, 0.4) is 0 Å². The van der Waals surface area contributed by atoms with E-state index in [1.165, 1.54) is 12.1 Å². The van der Waals surface area contributed by atoms with Crippen molar-refractivity contribution in [2.45, 2.75) is 75.7 Å². The fourth-order valence-corrected chi connectivity index (χ4v) is 7.07. The van der Waals surface area contributed by atoms with Crippen molar-refractivity contribution in [3.63, 3.8) is 0 Å². The van der Waals surface area contributed by atoms with E-state index in [1.54, 1.807) is 41.9 Å². The number of aromatic nitrogens is 3. The van der Waals surface area contributed by atoms with E-state index in [2.05, 4.69) is 10.3 Å². The molecule has 2 saturated heterocycles. The van der Waals surface area contributed by atoms with Crippen molar-refractivity contribution < 1.29 is 18.7 Å². The van der Waals surface area contributed by atoms with Gasteiger partial charge in [0.05, 0.1) is 23.2 Å². The van der Waals surface area contributed by atoms with Crippen molar-refractivity contribution >= 4 is 16.9 Å². The number of halogens is 2. The predicted octanol–water partition coefficient (Wildman–Crippen LogP) is 4.84. The van der Waals surface area contributed by atoms with Crippen molar-refractivity contribution in [3.8, 4) is 28.3 Å². The Labute approximate surface area is 241 Å². The SMILES string of the molecule is Cc1c(F)c(-c2ccc(C(=O)N3[C@@H]4CC[C@H]3[C@@H](N)C4)cc2-c2ccc(C#N)c(F)c2)cc2nnn(CC3(O)CCC3)c12. The van der Waals surface area contributed by atoms with E-state index in [0.29, 0.717) is 51.7 Å². The van der Waals surface area contributed by atoms with Crippen LogP contribution in [0.15, 0.2) is 42.5 Å². The predicted molar refractivity (Wildman–Crippen MR) is 152 cm³/mol. The van der Waals surface area contributed by atoms with Gasteiger partial charge < -0.3 is 15.7 Å². The molecule has 0 spiro atoms. The summed E-state index contributed by atoms with van der Waals surface area (Å²) >= 11 is 0. The summed E-state index contributed by atoms with van der Waals surface area (Å²) in [4.78, 5) is 15.6. The molecule has 8 nitrogen and oxygen atoms in total. The van der Waals surface area contributed by atoms with E-state index >= 15 is 4.39 Å². The normalized spacial score (nSPS) is 22.4. The molecule has 3 fully saturated rings. The van der Waals surface area contributed by atoms with Gasteiger partial charge in [-0.25, -0.2) is 13.5 Å². The van der Waals surface area contributed by atoms with Crippen LogP contribution in [0.2, 0.25) is 0 Å². The summed E-state index contributed by atoms with van der Waals surface area (Å²) in [5, 5.41) is 28.4. The highest BCUT2D eigenvalue weighted by atomic mass is 19.1. The van der Waals surface area contributed by atoms with E-state index < -0.39 is 17.2 Å². The number of carbonyl (C=O) groups excluding carboxylic acids is 1. The van der Waals surface area contributed by atoms with Gasteiger partial charge in [0, 0.05) is 34.8 Å². The van der Waals surface area contributed by atoms with Gasteiger partial charge in [-0.05, 0) is 92.5 Å². The van der Waals surface area contributed by atoms with Crippen LogP contribution in [-0.2, 0) is 6.54 Å². The largest absolute Gasteiger partial charge is 0.388 e. The zero-order valence-corrected chi connectivity index (χ0v) is 23.1. The molecule has 2 bridgehead atoms. The Morgan fingerprint density at radius 3 is 2.60 bits per heavy atom. The number of hydrogen-bond acceptors (Lipinski definition) is 6. The number of amides is 1. The van der Waals surface area contributed by atoms with Crippen LogP contribution >= 0.6 is 0 Å².